The van der Waals surface area contributed by atoms with Crippen LogP contribution in [0.1, 0.15) is 51.7 Å². The summed E-state index contributed by atoms with van der Waals surface area (Å²) in [7, 11) is 1.78. The fourth-order valence-corrected chi connectivity index (χ4v) is 2.37. The molecule has 0 amide bonds. The van der Waals surface area contributed by atoms with E-state index in [0.29, 0.717) is 6.54 Å². The van der Waals surface area contributed by atoms with E-state index in [1.807, 2.05) is 0 Å². The second-order valence-corrected chi connectivity index (χ2v) is 6.30. The van der Waals surface area contributed by atoms with E-state index in [1.165, 1.54) is 19.3 Å². The molecule has 0 unspecified atom stereocenters. The molecule has 0 saturated carbocycles. The first-order chi connectivity index (χ1) is 9.49. The number of hydrogen-bond acceptors (Lipinski definition) is 3. The summed E-state index contributed by atoms with van der Waals surface area (Å²) < 4.78 is 2.25. The average molecular weight is 278 g/mol. The van der Waals surface area contributed by atoms with Crippen molar-refractivity contribution < 1.29 is 0 Å². The maximum atomic E-state index is 4.31. The molecular formula is C14H26N6. The van der Waals surface area contributed by atoms with Gasteiger partial charge in [-0.05, 0) is 33.6 Å². The monoisotopic (exact) mass is 278 g/mol. The van der Waals surface area contributed by atoms with Crippen LogP contribution < -0.4 is 10.6 Å². The molecule has 0 spiro atoms. The summed E-state index contributed by atoms with van der Waals surface area (Å²) >= 11 is 0. The molecule has 6 nitrogen and oxygen atoms in total. The zero-order chi connectivity index (χ0) is 14.6. The number of fused-ring (bicyclic) bond motifs is 1. The van der Waals surface area contributed by atoms with Crippen molar-refractivity contribution in [2.45, 2.75) is 65.1 Å². The Morgan fingerprint density at radius 3 is 2.75 bits per heavy atom. The van der Waals surface area contributed by atoms with Crippen LogP contribution in [0.25, 0.3) is 0 Å². The largest absolute Gasteiger partial charge is 0.352 e. The highest BCUT2D eigenvalue weighted by Crippen LogP contribution is 2.14. The van der Waals surface area contributed by atoms with Crippen molar-refractivity contribution in [1.29, 1.82) is 0 Å². The van der Waals surface area contributed by atoms with Gasteiger partial charge in [0.15, 0.2) is 11.8 Å². The van der Waals surface area contributed by atoms with Gasteiger partial charge in [0, 0.05) is 25.6 Å². The highest BCUT2D eigenvalue weighted by Gasteiger charge is 2.16. The van der Waals surface area contributed by atoms with Gasteiger partial charge in [0.2, 0.25) is 0 Å². The van der Waals surface area contributed by atoms with Crippen molar-refractivity contribution in [2.75, 3.05) is 7.05 Å². The number of aryl methyl sites for hydroxylation is 1. The van der Waals surface area contributed by atoms with E-state index in [-0.39, 0.29) is 5.54 Å². The smallest absolute Gasteiger partial charge is 0.191 e. The highest BCUT2D eigenvalue weighted by atomic mass is 15.3. The van der Waals surface area contributed by atoms with Gasteiger partial charge < -0.3 is 15.2 Å². The molecule has 0 aliphatic carbocycles. The standard InChI is InChI=1S/C14H26N6/c1-14(2,3)17-13(15-4)16-10-12-19-18-11-8-6-5-7-9-20(11)12/h5-10H2,1-4H3,(H2,15,16,17). The Morgan fingerprint density at radius 1 is 1.25 bits per heavy atom. The third-order valence-electron chi connectivity index (χ3n) is 3.32. The summed E-state index contributed by atoms with van der Waals surface area (Å²) in [5.74, 6) is 2.92. The average Bonchev–Trinajstić information content (AvgIpc) is 2.61. The summed E-state index contributed by atoms with van der Waals surface area (Å²) in [6, 6.07) is 0. The molecule has 1 aliphatic rings. The molecule has 1 aromatic rings. The minimum Gasteiger partial charge on any atom is -0.352 e. The molecule has 112 valence electrons. The van der Waals surface area contributed by atoms with E-state index in [1.54, 1.807) is 7.05 Å². The number of rotatable bonds is 2. The molecular weight excluding hydrogens is 252 g/mol. The zero-order valence-electron chi connectivity index (χ0n) is 13.0. The van der Waals surface area contributed by atoms with Gasteiger partial charge in [0.05, 0.1) is 6.54 Å². The van der Waals surface area contributed by atoms with Crippen LogP contribution in [0.15, 0.2) is 4.99 Å². The summed E-state index contributed by atoms with van der Waals surface area (Å²) in [6.07, 6.45) is 4.76. The predicted molar refractivity (Wildman–Crippen MR) is 80.7 cm³/mol. The summed E-state index contributed by atoms with van der Waals surface area (Å²) in [5, 5.41) is 15.3. The fourth-order valence-electron chi connectivity index (χ4n) is 2.37. The van der Waals surface area contributed by atoms with E-state index >= 15 is 0 Å². The first-order valence-corrected chi connectivity index (χ1v) is 7.39. The van der Waals surface area contributed by atoms with Gasteiger partial charge in [-0.2, -0.15) is 0 Å². The molecule has 0 radical (unpaired) electrons. The van der Waals surface area contributed by atoms with Gasteiger partial charge in [-0.3, -0.25) is 4.99 Å². The van der Waals surface area contributed by atoms with Gasteiger partial charge in [-0.25, -0.2) is 0 Å². The van der Waals surface area contributed by atoms with Crippen LogP contribution in [0, 0.1) is 0 Å². The summed E-state index contributed by atoms with van der Waals surface area (Å²) in [5.41, 5.74) is -0.0103. The molecule has 0 bridgehead atoms. The lowest BCUT2D eigenvalue weighted by molar-refractivity contribution is 0.499. The van der Waals surface area contributed by atoms with Gasteiger partial charge in [-0.15, -0.1) is 10.2 Å². The molecule has 1 aromatic heterocycles. The van der Waals surface area contributed by atoms with Crippen LogP contribution in [0.5, 0.6) is 0 Å². The zero-order valence-corrected chi connectivity index (χ0v) is 13.0. The van der Waals surface area contributed by atoms with Crippen LogP contribution in [0.4, 0.5) is 0 Å². The molecule has 20 heavy (non-hydrogen) atoms. The fraction of sp³-hybridized carbons (Fsp3) is 0.786. The van der Waals surface area contributed by atoms with Crippen molar-refractivity contribution in [3.8, 4) is 0 Å². The number of guanidine groups is 1. The van der Waals surface area contributed by atoms with Gasteiger partial charge in [0.25, 0.3) is 0 Å². The minimum atomic E-state index is -0.0103. The molecule has 0 aromatic carbocycles. The van der Waals surface area contributed by atoms with E-state index in [2.05, 4.69) is 51.2 Å². The second kappa shape index (κ2) is 6.24. The Kier molecular flexibility index (Phi) is 4.62. The predicted octanol–water partition coefficient (Wildman–Crippen LogP) is 1.47. The van der Waals surface area contributed by atoms with Crippen LogP contribution in [-0.2, 0) is 19.5 Å². The third-order valence-corrected chi connectivity index (χ3v) is 3.32. The lowest BCUT2D eigenvalue weighted by Crippen LogP contribution is -2.47. The summed E-state index contributed by atoms with van der Waals surface area (Å²) in [4.78, 5) is 4.24. The van der Waals surface area contributed by atoms with Crippen molar-refractivity contribution in [2.24, 2.45) is 4.99 Å². The molecule has 0 saturated heterocycles. The van der Waals surface area contributed by atoms with Crippen molar-refractivity contribution in [3.05, 3.63) is 11.6 Å². The lowest BCUT2D eigenvalue weighted by Gasteiger charge is -2.23. The van der Waals surface area contributed by atoms with Crippen molar-refractivity contribution in [1.82, 2.24) is 25.4 Å². The normalized spacial score (nSPS) is 16.5. The Morgan fingerprint density at radius 2 is 2.05 bits per heavy atom. The topological polar surface area (TPSA) is 67.1 Å². The Balaban J connectivity index is 1.99. The molecule has 0 fully saturated rings. The molecule has 2 heterocycles. The molecule has 6 heteroatoms. The first-order valence-electron chi connectivity index (χ1n) is 7.39. The number of nitrogens with zero attached hydrogens (tertiary/aromatic N) is 4. The third kappa shape index (κ3) is 3.95. The molecule has 2 N–H and O–H groups in total. The van der Waals surface area contributed by atoms with Crippen LogP contribution in [0.3, 0.4) is 0 Å². The van der Waals surface area contributed by atoms with Crippen molar-refractivity contribution >= 4 is 5.96 Å². The maximum absolute atomic E-state index is 4.31. The molecule has 2 rings (SSSR count). The Bertz CT molecular complexity index is 468. The van der Waals surface area contributed by atoms with Crippen LogP contribution in [-0.4, -0.2) is 33.3 Å². The maximum Gasteiger partial charge on any atom is 0.191 e. The van der Waals surface area contributed by atoms with E-state index < -0.39 is 0 Å². The number of hydrogen-bond donors (Lipinski definition) is 2. The first kappa shape index (κ1) is 14.8. The molecule has 0 atom stereocenters. The van der Waals surface area contributed by atoms with Crippen molar-refractivity contribution in [3.63, 3.8) is 0 Å². The van der Waals surface area contributed by atoms with Gasteiger partial charge in [0.1, 0.15) is 5.82 Å². The van der Waals surface area contributed by atoms with Gasteiger partial charge in [-0.1, -0.05) is 6.42 Å². The molecule has 1 aliphatic heterocycles. The van der Waals surface area contributed by atoms with E-state index in [9.17, 15) is 0 Å². The summed E-state index contributed by atoms with van der Waals surface area (Å²) in [6.45, 7) is 8.03. The highest BCUT2D eigenvalue weighted by molar-refractivity contribution is 5.80. The van der Waals surface area contributed by atoms with Crippen LogP contribution in [0.2, 0.25) is 0 Å². The number of aromatic nitrogens is 3. The van der Waals surface area contributed by atoms with E-state index in [0.717, 1.165) is 30.6 Å². The lowest BCUT2D eigenvalue weighted by atomic mass is 10.1. The SMILES string of the molecule is CN=C(NCc1nnc2n1CCCCC2)NC(C)(C)C. The van der Waals surface area contributed by atoms with Gasteiger partial charge >= 0.3 is 0 Å². The van der Waals surface area contributed by atoms with E-state index in [4.69, 9.17) is 0 Å². The van der Waals surface area contributed by atoms with Crippen LogP contribution >= 0.6 is 0 Å². The second-order valence-electron chi connectivity index (χ2n) is 6.30. The number of nitrogens with one attached hydrogen (secondary N) is 2. The Hall–Kier alpha value is -1.59. The minimum absolute atomic E-state index is 0.0103. The quantitative estimate of drug-likeness (QED) is 0.635. The Labute approximate surface area is 121 Å². The number of aliphatic imine (C=N–C) groups is 1.